The number of unbranched alkanes of at least 4 members (excludes halogenated alkanes) is 4. The first-order valence-electron chi connectivity index (χ1n) is 9.16. The minimum atomic E-state index is 0.683. The van der Waals surface area contributed by atoms with E-state index in [9.17, 15) is 0 Å². The minimum Gasteiger partial charge on any atom is -0.457 e. The smallest absolute Gasteiger partial charge is 0.127 e. The van der Waals surface area contributed by atoms with E-state index in [-0.39, 0.29) is 0 Å². The number of benzene rings is 2. The predicted octanol–water partition coefficient (Wildman–Crippen LogP) is 7.33. The zero-order valence-corrected chi connectivity index (χ0v) is 14.6. The third-order valence-electron chi connectivity index (χ3n) is 4.48. The molecule has 1 nitrogen and oxygen atoms in total. The zero-order chi connectivity index (χ0) is 16.3. The van der Waals surface area contributed by atoms with Crippen molar-refractivity contribution in [3.63, 3.8) is 0 Å². The van der Waals surface area contributed by atoms with Crippen LogP contribution in [-0.4, -0.2) is 0 Å². The largest absolute Gasteiger partial charge is 0.457 e. The van der Waals surface area contributed by atoms with Crippen LogP contribution in [0.1, 0.15) is 70.3 Å². The van der Waals surface area contributed by atoms with Crippen molar-refractivity contribution in [2.24, 2.45) is 0 Å². The molecule has 124 valence electrons. The Kier molecular flexibility index (Phi) is 7.72. The minimum absolute atomic E-state index is 0.683. The lowest BCUT2D eigenvalue weighted by Gasteiger charge is -2.16. The van der Waals surface area contributed by atoms with E-state index < -0.39 is 0 Å². The molecule has 1 heteroatoms. The van der Waals surface area contributed by atoms with Crippen LogP contribution in [0.25, 0.3) is 0 Å². The standard InChI is InChI=1S/C22H30O/c1-3-5-6-7-9-12-19(4-2)20-15-17-22(18-16-20)23-21-13-10-8-11-14-21/h8,10-11,13-19H,3-7,9,12H2,1-2H3. The summed E-state index contributed by atoms with van der Waals surface area (Å²) in [6.45, 7) is 4.57. The molecule has 0 radical (unpaired) electrons. The van der Waals surface area contributed by atoms with Crippen molar-refractivity contribution >= 4 is 0 Å². The van der Waals surface area contributed by atoms with Crippen LogP contribution in [0.5, 0.6) is 11.5 Å². The first-order chi connectivity index (χ1) is 11.3. The van der Waals surface area contributed by atoms with E-state index in [0.29, 0.717) is 5.92 Å². The van der Waals surface area contributed by atoms with Gasteiger partial charge in [0.2, 0.25) is 0 Å². The highest BCUT2D eigenvalue weighted by Gasteiger charge is 2.09. The Labute approximate surface area is 141 Å². The Balaban J connectivity index is 1.86. The van der Waals surface area contributed by atoms with Crippen molar-refractivity contribution in [2.75, 3.05) is 0 Å². The molecule has 2 aromatic rings. The van der Waals surface area contributed by atoms with Crippen molar-refractivity contribution < 1.29 is 4.74 Å². The Morgan fingerprint density at radius 3 is 2.04 bits per heavy atom. The van der Waals surface area contributed by atoms with E-state index in [0.717, 1.165) is 11.5 Å². The van der Waals surface area contributed by atoms with Crippen LogP contribution in [0.3, 0.4) is 0 Å². The van der Waals surface area contributed by atoms with E-state index in [1.165, 1.54) is 50.5 Å². The SMILES string of the molecule is CCCCCCCC(CC)c1ccc(Oc2ccccc2)cc1. The van der Waals surface area contributed by atoms with Gasteiger partial charge in [0.25, 0.3) is 0 Å². The molecule has 0 aromatic heterocycles. The van der Waals surface area contributed by atoms with Gasteiger partial charge in [-0.3, -0.25) is 0 Å². The highest BCUT2D eigenvalue weighted by molar-refractivity contribution is 5.34. The molecule has 0 bridgehead atoms. The van der Waals surface area contributed by atoms with E-state index in [4.69, 9.17) is 4.74 Å². The van der Waals surface area contributed by atoms with Crippen molar-refractivity contribution in [3.8, 4) is 11.5 Å². The van der Waals surface area contributed by atoms with Gasteiger partial charge < -0.3 is 4.74 Å². The first kappa shape index (κ1) is 17.6. The number of hydrogen-bond donors (Lipinski definition) is 0. The maximum absolute atomic E-state index is 5.87. The van der Waals surface area contributed by atoms with Crippen LogP contribution in [0.15, 0.2) is 54.6 Å². The second kappa shape index (κ2) is 10.1. The average molecular weight is 310 g/mol. The summed E-state index contributed by atoms with van der Waals surface area (Å²) in [7, 11) is 0. The van der Waals surface area contributed by atoms with Gasteiger partial charge in [0.1, 0.15) is 11.5 Å². The topological polar surface area (TPSA) is 9.23 Å². The number of para-hydroxylation sites is 1. The number of ether oxygens (including phenoxy) is 1. The van der Waals surface area contributed by atoms with Gasteiger partial charge in [0.15, 0.2) is 0 Å². The van der Waals surface area contributed by atoms with E-state index in [2.05, 4.69) is 38.1 Å². The highest BCUT2D eigenvalue weighted by atomic mass is 16.5. The maximum Gasteiger partial charge on any atom is 0.127 e. The van der Waals surface area contributed by atoms with Crippen molar-refractivity contribution in [1.82, 2.24) is 0 Å². The molecule has 0 aliphatic carbocycles. The van der Waals surface area contributed by atoms with Gasteiger partial charge in [-0.05, 0) is 48.6 Å². The second-order valence-electron chi connectivity index (χ2n) is 6.29. The van der Waals surface area contributed by atoms with Gasteiger partial charge in [0.05, 0.1) is 0 Å². The van der Waals surface area contributed by atoms with E-state index >= 15 is 0 Å². The van der Waals surface area contributed by atoms with Crippen LogP contribution >= 0.6 is 0 Å². The Bertz CT molecular complexity index is 530. The quantitative estimate of drug-likeness (QED) is 0.417. The fraction of sp³-hybridized carbons (Fsp3) is 0.455. The molecule has 0 saturated heterocycles. The molecule has 0 spiro atoms. The van der Waals surface area contributed by atoms with Crippen LogP contribution in [-0.2, 0) is 0 Å². The monoisotopic (exact) mass is 310 g/mol. The van der Waals surface area contributed by atoms with Crippen LogP contribution in [0.2, 0.25) is 0 Å². The molecule has 2 aromatic carbocycles. The lowest BCUT2D eigenvalue weighted by atomic mass is 9.91. The summed E-state index contributed by atoms with van der Waals surface area (Å²) < 4.78 is 5.87. The molecular formula is C22H30O. The summed E-state index contributed by atoms with van der Waals surface area (Å²) in [6, 6.07) is 18.6. The van der Waals surface area contributed by atoms with Gasteiger partial charge in [-0.25, -0.2) is 0 Å². The molecule has 0 fully saturated rings. The molecule has 0 N–H and O–H groups in total. The molecular weight excluding hydrogens is 280 g/mol. The van der Waals surface area contributed by atoms with Crippen LogP contribution in [0, 0.1) is 0 Å². The fourth-order valence-corrected chi connectivity index (χ4v) is 3.03. The van der Waals surface area contributed by atoms with E-state index in [1.54, 1.807) is 0 Å². The molecule has 23 heavy (non-hydrogen) atoms. The summed E-state index contributed by atoms with van der Waals surface area (Å²) in [6.07, 6.45) is 9.32. The predicted molar refractivity (Wildman–Crippen MR) is 99.4 cm³/mol. The molecule has 1 unspecified atom stereocenters. The summed E-state index contributed by atoms with van der Waals surface area (Å²) in [5.74, 6) is 2.49. The van der Waals surface area contributed by atoms with Gasteiger partial charge in [-0.1, -0.05) is 76.3 Å². The average Bonchev–Trinajstić information content (AvgIpc) is 2.60. The number of rotatable bonds is 10. The Morgan fingerprint density at radius 2 is 1.39 bits per heavy atom. The van der Waals surface area contributed by atoms with Crippen LogP contribution < -0.4 is 4.74 Å². The Hall–Kier alpha value is -1.76. The summed E-state index contributed by atoms with van der Waals surface area (Å²) in [5.41, 5.74) is 1.45. The molecule has 2 rings (SSSR count). The number of hydrogen-bond acceptors (Lipinski definition) is 1. The maximum atomic E-state index is 5.87. The summed E-state index contributed by atoms with van der Waals surface area (Å²) >= 11 is 0. The van der Waals surface area contributed by atoms with Crippen molar-refractivity contribution in [3.05, 3.63) is 60.2 Å². The molecule has 0 aliphatic heterocycles. The fourth-order valence-electron chi connectivity index (χ4n) is 3.03. The highest BCUT2D eigenvalue weighted by Crippen LogP contribution is 2.29. The third kappa shape index (κ3) is 6.09. The second-order valence-corrected chi connectivity index (χ2v) is 6.29. The zero-order valence-electron chi connectivity index (χ0n) is 14.6. The van der Waals surface area contributed by atoms with Crippen LogP contribution in [0.4, 0.5) is 0 Å². The first-order valence-corrected chi connectivity index (χ1v) is 9.16. The molecule has 0 heterocycles. The third-order valence-corrected chi connectivity index (χ3v) is 4.48. The lowest BCUT2D eigenvalue weighted by molar-refractivity contribution is 0.481. The van der Waals surface area contributed by atoms with Crippen molar-refractivity contribution in [1.29, 1.82) is 0 Å². The Morgan fingerprint density at radius 1 is 0.739 bits per heavy atom. The molecule has 0 saturated carbocycles. The molecule has 0 aliphatic rings. The van der Waals surface area contributed by atoms with E-state index in [1.807, 2.05) is 30.3 Å². The summed E-state index contributed by atoms with van der Waals surface area (Å²) in [5, 5.41) is 0. The van der Waals surface area contributed by atoms with Gasteiger partial charge >= 0.3 is 0 Å². The van der Waals surface area contributed by atoms with Gasteiger partial charge in [-0.15, -0.1) is 0 Å². The van der Waals surface area contributed by atoms with Gasteiger partial charge in [-0.2, -0.15) is 0 Å². The normalized spacial score (nSPS) is 12.1. The lowest BCUT2D eigenvalue weighted by Crippen LogP contribution is -1.97. The van der Waals surface area contributed by atoms with Crippen molar-refractivity contribution in [2.45, 2.75) is 64.7 Å². The molecule has 0 amide bonds. The molecule has 1 atom stereocenters. The van der Waals surface area contributed by atoms with Gasteiger partial charge in [0, 0.05) is 0 Å². The summed E-state index contributed by atoms with van der Waals surface area (Å²) in [4.78, 5) is 0.